The van der Waals surface area contributed by atoms with E-state index >= 15 is 0 Å². The zero-order chi connectivity index (χ0) is 20.8. The Balaban J connectivity index is 1.61. The standard InChI is InChI=1S/C26H28N2O2/c1-2-27-18-25(29)26(21-11-7-4-8-12-21)28-16-15-22-17-23(13-14-24(22)28)30-19-20-9-5-3-6-10-20/h3-17,25-27,29H,2,18-19H2,1H3/t25-,26+/m1/s1. The van der Waals surface area contributed by atoms with Gasteiger partial charge in [0.15, 0.2) is 0 Å². The maximum absolute atomic E-state index is 11.0. The number of benzene rings is 3. The Morgan fingerprint density at radius 3 is 2.40 bits per heavy atom. The molecule has 0 saturated carbocycles. The van der Waals surface area contributed by atoms with E-state index in [-0.39, 0.29) is 6.04 Å². The van der Waals surface area contributed by atoms with Crippen molar-refractivity contribution in [3.63, 3.8) is 0 Å². The Hall–Kier alpha value is -3.08. The number of nitrogens with one attached hydrogen (secondary N) is 1. The molecule has 2 N–H and O–H groups in total. The summed E-state index contributed by atoms with van der Waals surface area (Å²) in [6, 6.07) is 28.4. The summed E-state index contributed by atoms with van der Waals surface area (Å²) in [6.45, 7) is 3.95. The molecule has 4 nitrogen and oxygen atoms in total. The van der Waals surface area contributed by atoms with Gasteiger partial charge in [0.25, 0.3) is 0 Å². The molecule has 1 heterocycles. The van der Waals surface area contributed by atoms with E-state index in [0.717, 1.165) is 34.3 Å². The van der Waals surface area contributed by atoms with E-state index in [9.17, 15) is 5.11 Å². The lowest BCUT2D eigenvalue weighted by Gasteiger charge is -2.26. The Kier molecular flexibility index (Phi) is 6.47. The summed E-state index contributed by atoms with van der Waals surface area (Å²) in [4.78, 5) is 0. The van der Waals surface area contributed by atoms with Gasteiger partial charge in [-0.3, -0.25) is 0 Å². The smallest absolute Gasteiger partial charge is 0.120 e. The lowest BCUT2D eigenvalue weighted by atomic mass is 10.0. The molecule has 0 spiro atoms. The number of aromatic nitrogens is 1. The third-order valence-electron chi connectivity index (χ3n) is 5.35. The van der Waals surface area contributed by atoms with Crippen LogP contribution in [0.3, 0.4) is 0 Å². The highest BCUT2D eigenvalue weighted by Crippen LogP contribution is 2.30. The van der Waals surface area contributed by atoms with Crippen molar-refractivity contribution in [3.8, 4) is 5.75 Å². The van der Waals surface area contributed by atoms with Gasteiger partial charge in [-0.1, -0.05) is 67.6 Å². The number of aliphatic hydroxyl groups is 1. The summed E-state index contributed by atoms with van der Waals surface area (Å²) in [5.41, 5.74) is 3.31. The average Bonchev–Trinajstić information content (AvgIpc) is 3.21. The molecule has 0 aliphatic heterocycles. The second-order valence-corrected chi connectivity index (χ2v) is 7.45. The Bertz CT molecular complexity index is 1060. The van der Waals surface area contributed by atoms with Gasteiger partial charge >= 0.3 is 0 Å². The molecule has 1 aromatic heterocycles. The van der Waals surface area contributed by atoms with Gasteiger partial charge in [0.1, 0.15) is 12.4 Å². The lowest BCUT2D eigenvalue weighted by molar-refractivity contribution is 0.130. The number of likely N-dealkylation sites (N-methyl/N-ethyl adjacent to an activating group) is 1. The minimum atomic E-state index is -0.544. The molecule has 0 aliphatic rings. The second kappa shape index (κ2) is 9.61. The molecule has 154 valence electrons. The van der Waals surface area contributed by atoms with Crippen LogP contribution in [0, 0.1) is 0 Å². The van der Waals surface area contributed by atoms with Crippen molar-refractivity contribution in [3.05, 3.63) is 102 Å². The summed E-state index contributed by atoms with van der Waals surface area (Å²) < 4.78 is 8.15. The van der Waals surface area contributed by atoms with E-state index in [1.807, 2.05) is 49.4 Å². The normalized spacial score (nSPS) is 13.3. The van der Waals surface area contributed by atoms with Gasteiger partial charge in [0.2, 0.25) is 0 Å². The van der Waals surface area contributed by atoms with E-state index in [4.69, 9.17) is 4.74 Å². The van der Waals surface area contributed by atoms with Crippen molar-refractivity contribution in [2.45, 2.75) is 25.7 Å². The van der Waals surface area contributed by atoms with Gasteiger partial charge in [-0.2, -0.15) is 0 Å². The Morgan fingerprint density at radius 2 is 1.67 bits per heavy atom. The van der Waals surface area contributed by atoms with Crippen LogP contribution in [0.25, 0.3) is 10.9 Å². The van der Waals surface area contributed by atoms with Gasteiger partial charge in [-0.15, -0.1) is 0 Å². The van der Waals surface area contributed by atoms with E-state index in [1.165, 1.54) is 0 Å². The molecule has 0 radical (unpaired) electrons. The SMILES string of the molecule is CCNC[C@@H](O)[C@H](c1ccccc1)n1ccc2cc(OCc3ccccc3)ccc21. The predicted molar refractivity (Wildman–Crippen MR) is 122 cm³/mol. The van der Waals surface area contributed by atoms with Crippen molar-refractivity contribution in [2.75, 3.05) is 13.1 Å². The van der Waals surface area contributed by atoms with Gasteiger partial charge in [0, 0.05) is 23.6 Å². The molecule has 3 aromatic carbocycles. The molecular formula is C26H28N2O2. The van der Waals surface area contributed by atoms with Crippen LogP contribution in [-0.2, 0) is 6.61 Å². The predicted octanol–water partition coefficient (Wildman–Crippen LogP) is 4.78. The monoisotopic (exact) mass is 400 g/mol. The quantitative estimate of drug-likeness (QED) is 0.425. The number of hydrogen-bond acceptors (Lipinski definition) is 3. The highest BCUT2D eigenvalue weighted by Gasteiger charge is 2.23. The van der Waals surface area contributed by atoms with Gasteiger partial charge < -0.3 is 19.7 Å². The van der Waals surface area contributed by atoms with Crippen molar-refractivity contribution < 1.29 is 9.84 Å². The average molecular weight is 401 g/mol. The fourth-order valence-electron chi connectivity index (χ4n) is 3.84. The van der Waals surface area contributed by atoms with E-state index in [1.54, 1.807) is 0 Å². The molecule has 0 bridgehead atoms. The van der Waals surface area contributed by atoms with Crippen LogP contribution in [-0.4, -0.2) is 28.9 Å². The minimum Gasteiger partial charge on any atom is -0.489 e. The van der Waals surface area contributed by atoms with Crippen molar-refractivity contribution in [1.29, 1.82) is 0 Å². The Labute approximate surface area is 177 Å². The van der Waals surface area contributed by atoms with Crippen LogP contribution in [0.4, 0.5) is 0 Å². The molecular weight excluding hydrogens is 372 g/mol. The second-order valence-electron chi connectivity index (χ2n) is 7.45. The summed E-state index contributed by atoms with van der Waals surface area (Å²) in [7, 11) is 0. The molecule has 0 saturated heterocycles. The van der Waals surface area contributed by atoms with Crippen LogP contribution in [0.5, 0.6) is 5.75 Å². The first kappa shape index (κ1) is 20.2. The number of fused-ring (bicyclic) bond motifs is 1. The van der Waals surface area contributed by atoms with E-state index in [0.29, 0.717) is 13.2 Å². The molecule has 4 rings (SSSR count). The maximum Gasteiger partial charge on any atom is 0.120 e. The first-order valence-electron chi connectivity index (χ1n) is 10.5. The van der Waals surface area contributed by atoms with Crippen molar-refractivity contribution in [1.82, 2.24) is 9.88 Å². The summed E-state index contributed by atoms with van der Waals surface area (Å²) in [6.07, 6.45) is 1.51. The zero-order valence-corrected chi connectivity index (χ0v) is 17.2. The molecule has 0 unspecified atom stereocenters. The lowest BCUT2D eigenvalue weighted by Crippen LogP contribution is -2.34. The third-order valence-corrected chi connectivity index (χ3v) is 5.35. The topological polar surface area (TPSA) is 46.4 Å². The summed E-state index contributed by atoms with van der Waals surface area (Å²) >= 11 is 0. The minimum absolute atomic E-state index is 0.168. The van der Waals surface area contributed by atoms with Crippen LogP contribution in [0.1, 0.15) is 24.1 Å². The fraction of sp³-hybridized carbons (Fsp3) is 0.231. The molecule has 4 heteroatoms. The molecule has 2 atom stereocenters. The van der Waals surface area contributed by atoms with Crippen LogP contribution >= 0.6 is 0 Å². The largest absolute Gasteiger partial charge is 0.489 e. The number of ether oxygens (including phenoxy) is 1. The number of nitrogens with zero attached hydrogens (tertiary/aromatic N) is 1. The summed E-state index contributed by atoms with van der Waals surface area (Å²) in [5, 5.41) is 15.3. The van der Waals surface area contributed by atoms with Crippen LogP contribution in [0.15, 0.2) is 91.1 Å². The maximum atomic E-state index is 11.0. The van der Waals surface area contributed by atoms with Crippen molar-refractivity contribution >= 4 is 10.9 Å². The summed E-state index contributed by atoms with van der Waals surface area (Å²) in [5.74, 6) is 0.841. The fourth-order valence-corrected chi connectivity index (χ4v) is 3.84. The van der Waals surface area contributed by atoms with E-state index in [2.05, 4.69) is 58.5 Å². The van der Waals surface area contributed by atoms with Gasteiger partial charge in [-0.25, -0.2) is 0 Å². The molecule has 0 aliphatic carbocycles. The number of aliphatic hydroxyl groups excluding tert-OH is 1. The van der Waals surface area contributed by atoms with Gasteiger partial charge in [-0.05, 0) is 41.9 Å². The van der Waals surface area contributed by atoms with Gasteiger partial charge in [0.05, 0.1) is 12.1 Å². The van der Waals surface area contributed by atoms with Crippen molar-refractivity contribution in [2.24, 2.45) is 0 Å². The first-order chi connectivity index (χ1) is 14.8. The Morgan fingerprint density at radius 1 is 0.933 bits per heavy atom. The molecule has 0 fully saturated rings. The third kappa shape index (κ3) is 4.56. The number of rotatable bonds is 9. The highest BCUT2D eigenvalue weighted by molar-refractivity contribution is 5.82. The highest BCUT2D eigenvalue weighted by atomic mass is 16.5. The first-order valence-corrected chi connectivity index (χ1v) is 10.5. The van der Waals surface area contributed by atoms with Crippen LogP contribution in [0.2, 0.25) is 0 Å². The molecule has 30 heavy (non-hydrogen) atoms. The molecule has 0 amide bonds. The number of hydrogen-bond donors (Lipinski definition) is 2. The molecule has 4 aromatic rings. The van der Waals surface area contributed by atoms with E-state index < -0.39 is 6.10 Å². The van der Waals surface area contributed by atoms with Crippen LogP contribution < -0.4 is 10.1 Å². The zero-order valence-electron chi connectivity index (χ0n) is 17.2.